The molecule has 2 aromatic rings. The molecule has 1 aromatic heterocycles. The van der Waals surface area contributed by atoms with Crippen molar-refractivity contribution in [3.8, 4) is 10.6 Å². The summed E-state index contributed by atoms with van der Waals surface area (Å²) in [6, 6.07) is 7.92. The number of imide groups is 1. The maximum absolute atomic E-state index is 13.0. The van der Waals surface area contributed by atoms with E-state index in [1.165, 1.54) is 10.5 Å². The molecule has 26 heavy (non-hydrogen) atoms. The number of carbonyl (C=O) groups is 2. The standard InChI is InChI=1S/C20H23N3O2S/c1-13-6-8-15(9-7-13)17-21-16(12-26-17)11-23-18(24)20(22-19(23)25)10-4-3-5-14(20)2/h6-9,12,14H,3-5,10-11H2,1-2H3,(H,22,25)/t14-,20+/m0/s1. The molecular formula is C20H23N3O2S. The Morgan fingerprint density at radius 1 is 1.27 bits per heavy atom. The van der Waals surface area contributed by atoms with Crippen LogP contribution in [0.2, 0.25) is 0 Å². The molecular weight excluding hydrogens is 346 g/mol. The Bertz CT molecular complexity index is 845. The number of thiazole rings is 1. The lowest BCUT2D eigenvalue weighted by atomic mass is 9.73. The number of nitrogens with zero attached hydrogens (tertiary/aromatic N) is 2. The quantitative estimate of drug-likeness (QED) is 0.828. The van der Waals surface area contributed by atoms with Crippen molar-refractivity contribution in [3.63, 3.8) is 0 Å². The Morgan fingerprint density at radius 2 is 2.04 bits per heavy atom. The van der Waals surface area contributed by atoms with E-state index in [0.717, 1.165) is 41.9 Å². The van der Waals surface area contributed by atoms with Gasteiger partial charge in [-0.2, -0.15) is 0 Å². The summed E-state index contributed by atoms with van der Waals surface area (Å²) >= 11 is 1.54. The van der Waals surface area contributed by atoms with Crippen LogP contribution in [0.15, 0.2) is 29.6 Å². The normalized spacial score (nSPS) is 25.8. The van der Waals surface area contributed by atoms with Crippen molar-refractivity contribution in [2.45, 2.75) is 51.6 Å². The zero-order valence-electron chi connectivity index (χ0n) is 15.1. The van der Waals surface area contributed by atoms with E-state index in [0.29, 0.717) is 0 Å². The summed E-state index contributed by atoms with van der Waals surface area (Å²) in [4.78, 5) is 31.5. The largest absolute Gasteiger partial charge is 0.325 e. The summed E-state index contributed by atoms with van der Waals surface area (Å²) < 4.78 is 0. The van der Waals surface area contributed by atoms with Crippen LogP contribution < -0.4 is 5.32 Å². The second-order valence-electron chi connectivity index (χ2n) is 7.45. The third kappa shape index (κ3) is 2.82. The van der Waals surface area contributed by atoms with Crippen LogP contribution in [0.3, 0.4) is 0 Å². The van der Waals surface area contributed by atoms with Crippen molar-refractivity contribution in [3.05, 3.63) is 40.9 Å². The monoisotopic (exact) mass is 369 g/mol. The van der Waals surface area contributed by atoms with Crippen LogP contribution in [-0.4, -0.2) is 27.4 Å². The van der Waals surface area contributed by atoms with Gasteiger partial charge in [0.2, 0.25) is 0 Å². The van der Waals surface area contributed by atoms with E-state index in [1.807, 2.05) is 17.5 Å². The number of hydrogen-bond donors (Lipinski definition) is 1. The lowest BCUT2D eigenvalue weighted by molar-refractivity contribution is -0.134. The van der Waals surface area contributed by atoms with Crippen molar-refractivity contribution in [1.82, 2.24) is 15.2 Å². The van der Waals surface area contributed by atoms with Crippen LogP contribution in [0.1, 0.15) is 43.9 Å². The van der Waals surface area contributed by atoms with Gasteiger partial charge in [-0.05, 0) is 25.7 Å². The lowest BCUT2D eigenvalue weighted by Crippen LogP contribution is -2.53. The molecule has 2 fully saturated rings. The molecule has 1 N–H and O–H groups in total. The highest BCUT2D eigenvalue weighted by Crippen LogP contribution is 2.38. The molecule has 2 heterocycles. The van der Waals surface area contributed by atoms with Gasteiger partial charge in [-0.3, -0.25) is 9.69 Å². The van der Waals surface area contributed by atoms with Crippen LogP contribution in [0.4, 0.5) is 4.79 Å². The molecule has 1 aliphatic carbocycles. The van der Waals surface area contributed by atoms with Gasteiger partial charge in [0, 0.05) is 10.9 Å². The van der Waals surface area contributed by atoms with Gasteiger partial charge in [0.25, 0.3) is 5.91 Å². The zero-order valence-corrected chi connectivity index (χ0v) is 15.9. The Balaban J connectivity index is 1.53. The smallest absolute Gasteiger partial charge is 0.323 e. The summed E-state index contributed by atoms with van der Waals surface area (Å²) in [7, 11) is 0. The molecule has 0 bridgehead atoms. The third-order valence-corrected chi connectivity index (χ3v) is 6.61. The van der Waals surface area contributed by atoms with Crippen LogP contribution in [0.5, 0.6) is 0 Å². The Hall–Kier alpha value is -2.21. The summed E-state index contributed by atoms with van der Waals surface area (Å²) in [5.74, 6) is 0.0934. The first kappa shape index (κ1) is 17.2. The molecule has 3 amide bonds. The minimum atomic E-state index is -0.703. The summed E-state index contributed by atoms with van der Waals surface area (Å²) in [6.45, 7) is 4.36. The van der Waals surface area contributed by atoms with Gasteiger partial charge in [-0.25, -0.2) is 9.78 Å². The average molecular weight is 369 g/mol. The average Bonchev–Trinajstić information content (AvgIpc) is 3.18. The van der Waals surface area contributed by atoms with Gasteiger partial charge in [0.15, 0.2) is 0 Å². The first-order chi connectivity index (χ1) is 12.5. The number of hydrogen-bond acceptors (Lipinski definition) is 4. The summed E-state index contributed by atoms with van der Waals surface area (Å²) in [5, 5.41) is 5.84. The second kappa shape index (κ2) is 6.50. The van der Waals surface area contributed by atoms with Gasteiger partial charge >= 0.3 is 6.03 Å². The fourth-order valence-corrected chi connectivity index (χ4v) is 4.83. The zero-order chi connectivity index (χ0) is 18.3. The molecule has 136 valence electrons. The number of nitrogens with one attached hydrogen (secondary N) is 1. The van der Waals surface area contributed by atoms with Crippen LogP contribution in [-0.2, 0) is 11.3 Å². The van der Waals surface area contributed by atoms with E-state index in [-0.39, 0.29) is 24.4 Å². The van der Waals surface area contributed by atoms with Gasteiger partial charge in [-0.1, -0.05) is 49.6 Å². The molecule has 4 rings (SSSR count). The highest BCUT2D eigenvalue weighted by atomic mass is 32.1. The predicted octanol–water partition coefficient (Wildman–Crippen LogP) is 4.12. The molecule has 2 aliphatic rings. The molecule has 1 aromatic carbocycles. The van der Waals surface area contributed by atoms with E-state index in [1.54, 1.807) is 11.3 Å². The Labute approximate surface area is 157 Å². The lowest BCUT2D eigenvalue weighted by Gasteiger charge is -2.36. The molecule has 1 saturated carbocycles. The van der Waals surface area contributed by atoms with E-state index in [2.05, 4.69) is 36.3 Å². The van der Waals surface area contributed by atoms with Crippen LogP contribution in [0.25, 0.3) is 10.6 Å². The van der Waals surface area contributed by atoms with Crippen molar-refractivity contribution in [1.29, 1.82) is 0 Å². The van der Waals surface area contributed by atoms with Gasteiger partial charge in [0.05, 0.1) is 12.2 Å². The third-order valence-electron chi connectivity index (χ3n) is 5.67. The molecule has 2 atom stereocenters. The Morgan fingerprint density at radius 3 is 2.77 bits per heavy atom. The first-order valence-electron chi connectivity index (χ1n) is 9.15. The molecule has 0 radical (unpaired) electrons. The van der Waals surface area contributed by atoms with Crippen molar-refractivity contribution in [2.24, 2.45) is 5.92 Å². The van der Waals surface area contributed by atoms with E-state index >= 15 is 0 Å². The number of benzene rings is 1. The molecule has 1 spiro atoms. The molecule has 1 saturated heterocycles. The maximum atomic E-state index is 13.0. The van der Waals surface area contributed by atoms with Crippen LogP contribution >= 0.6 is 11.3 Å². The van der Waals surface area contributed by atoms with Crippen LogP contribution in [0, 0.1) is 12.8 Å². The first-order valence-corrected chi connectivity index (χ1v) is 10.0. The topological polar surface area (TPSA) is 62.3 Å². The Kier molecular flexibility index (Phi) is 4.31. The minimum absolute atomic E-state index is 0.0837. The van der Waals surface area contributed by atoms with Crippen molar-refractivity contribution in [2.75, 3.05) is 0 Å². The number of urea groups is 1. The number of amides is 3. The fourth-order valence-electron chi connectivity index (χ4n) is 4.01. The maximum Gasteiger partial charge on any atom is 0.325 e. The number of carbonyl (C=O) groups excluding carboxylic acids is 2. The summed E-state index contributed by atoms with van der Waals surface area (Å²) in [5.41, 5.74) is 2.32. The second-order valence-corrected chi connectivity index (χ2v) is 8.31. The molecule has 6 heteroatoms. The molecule has 1 aliphatic heterocycles. The predicted molar refractivity (Wildman–Crippen MR) is 102 cm³/mol. The number of aryl methyl sites for hydroxylation is 1. The highest BCUT2D eigenvalue weighted by Gasteiger charge is 2.54. The molecule has 0 unspecified atom stereocenters. The van der Waals surface area contributed by atoms with Crippen molar-refractivity contribution < 1.29 is 9.59 Å². The van der Waals surface area contributed by atoms with Crippen molar-refractivity contribution >= 4 is 23.3 Å². The van der Waals surface area contributed by atoms with Gasteiger partial charge < -0.3 is 5.32 Å². The fraction of sp³-hybridized carbons (Fsp3) is 0.450. The highest BCUT2D eigenvalue weighted by molar-refractivity contribution is 7.13. The van der Waals surface area contributed by atoms with E-state index < -0.39 is 5.54 Å². The SMILES string of the molecule is Cc1ccc(-c2nc(CN3C(=O)N[C@@]4(CCCC[C@@H]4C)C3=O)cs2)cc1. The number of rotatable bonds is 3. The van der Waals surface area contributed by atoms with Gasteiger partial charge in [-0.15, -0.1) is 11.3 Å². The number of aromatic nitrogens is 1. The van der Waals surface area contributed by atoms with E-state index in [4.69, 9.17) is 0 Å². The molecule has 5 nitrogen and oxygen atoms in total. The summed E-state index contributed by atoms with van der Waals surface area (Å²) in [6.07, 6.45) is 3.82. The minimum Gasteiger partial charge on any atom is -0.323 e. The van der Waals surface area contributed by atoms with Gasteiger partial charge in [0.1, 0.15) is 10.5 Å². The van der Waals surface area contributed by atoms with E-state index in [9.17, 15) is 9.59 Å².